The Kier molecular flexibility index (Phi) is 14.3. The van der Waals surface area contributed by atoms with Gasteiger partial charge in [-0.2, -0.15) is 0 Å². The number of carbonyl (C=O) groups excluding carboxylic acids is 3. The summed E-state index contributed by atoms with van der Waals surface area (Å²) >= 11 is 0. The van der Waals surface area contributed by atoms with Gasteiger partial charge in [0.05, 0.1) is 13.2 Å². The van der Waals surface area contributed by atoms with Crippen molar-refractivity contribution in [2.45, 2.75) is 91.9 Å². The first-order valence-corrected chi connectivity index (χ1v) is 13.4. The summed E-state index contributed by atoms with van der Waals surface area (Å²) in [5.74, 6) is -1.56. The summed E-state index contributed by atoms with van der Waals surface area (Å²) in [4.78, 5) is 48.6. The van der Waals surface area contributed by atoms with E-state index < -0.39 is 36.1 Å². The summed E-state index contributed by atoms with van der Waals surface area (Å²) < 4.78 is 30.9. The highest BCUT2D eigenvalue weighted by molar-refractivity contribution is 5.79. The van der Waals surface area contributed by atoms with E-state index in [4.69, 9.17) is 34.2 Å². The molecular formula is C28H43NO11. The van der Waals surface area contributed by atoms with Crippen molar-refractivity contribution in [3.05, 3.63) is 23.8 Å². The van der Waals surface area contributed by atoms with E-state index in [1.807, 2.05) is 34.6 Å². The molecule has 12 nitrogen and oxygen atoms in total. The van der Waals surface area contributed by atoms with Gasteiger partial charge < -0.3 is 39.3 Å². The number of carboxylic acid groups (broad SMARTS) is 1. The Bertz CT molecular complexity index is 994. The van der Waals surface area contributed by atoms with Gasteiger partial charge in [-0.3, -0.25) is 4.79 Å². The molecule has 0 heterocycles. The predicted octanol–water partition coefficient (Wildman–Crippen LogP) is 5.47. The Morgan fingerprint density at radius 3 is 1.85 bits per heavy atom. The summed E-state index contributed by atoms with van der Waals surface area (Å²) in [6.45, 7) is 12.8. The Morgan fingerprint density at radius 2 is 1.35 bits per heavy atom. The summed E-state index contributed by atoms with van der Waals surface area (Å²) in [6.07, 6.45) is -3.21. The third-order valence-electron chi connectivity index (χ3n) is 5.35. The predicted molar refractivity (Wildman–Crippen MR) is 144 cm³/mol. The fourth-order valence-electron chi connectivity index (χ4n) is 3.51. The van der Waals surface area contributed by atoms with E-state index in [1.54, 1.807) is 6.92 Å². The summed E-state index contributed by atoms with van der Waals surface area (Å²) in [5, 5.41) is 9.92. The minimum absolute atomic E-state index is 0.0467. The van der Waals surface area contributed by atoms with Crippen LogP contribution < -0.4 is 15.2 Å². The molecule has 1 aromatic rings. The number of hydrogen-bond acceptors (Lipinski definition) is 11. The lowest BCUT2D eigenvalue weighted by atomic mass is 9.86. The molecule has 0 aliphatic heterocycles. The summed E-state index contributed by atoms with van der Waals surface area (Å²) in [7, 11) is 0. The molecule has 12 heteroatoms. The lowest BCUT2D eigenvalue weighted by Gasteiger charge is -2.28. The lowest BCUT2D eigenvalue weighted by Crippen LogP contribution is -2.52. The van der Waals surface area contributed by atoms with Crippen LogP contribution in [0.5, 0.6) is 11.5 Å². The van der Waals surface area contributed by atoms with Gasteiger partial charge in [0, 0.05) is 12.8 Å². The van der Waals surface area contributed by atoms with Gasteiger partial charge in [-0.25, -0.2) is 14.4 Å². The molecule has 0 spiro atoms. The molecule has 0 aromatic heterocycles. The monoisotopic (exact) mass is 569 g/mol. The molecule has 226 valence electrons. The van der Waals surface area contributed by atoms with Crippen LogP contribution in [0.4, 0.5) is 14.4 Å². The molecule has 3 atom stereocenters. The molecule has 0 saturated carbocycles. The highest BCUT2D eigenvalue weighted by Gasteiger charge is 2.37. The molecular weight excluding hydrogens is 526 g/mol. The van der Waals surface area contributed by atoms with Gasteiger partial charge in [-0.05, 0) is 49.8 Å². The van der Waals surface area contributed by atoms with Crippen LogP contribution in [0.2, 0.25) is 0 Å². The van der Waals surface area contributed by atoms with Crippen LogP contribution in [-0.4, -0.2) is 60.5 Å². The highest BCUT2D eigenvalue weighted by atomic mass is 16.7. The van der Waals surface area contributed by atoms with Crippen molar-refractivity contribution in [2.75, 3.05) is 13.2 Å². The fraction of sp³-hybridized carbons (Fsp3) is 0.643. The SMILES string of the molecule is CCCC(C)OC(=O)O[C@@H](C)CC(N)(Cc1ccc(OC(=O)OCC(C)C)c(OC(=O)OCC(C)C)c1)C(=O)O. The smallest absolute Gasteiger partial charge is 0.480 e. The molecule has 2 unspecified atom stereocenters. The average Bonchev–Trinajstić information content (AvgIpc) is 2.82. The van der Waals surface area contributed by atoms with Crippen LogP contribution in [-0.2, 0) is 30.2 Å². The number of hydrogen-bond donors (Lipinski definition) is 2. The van der Waals surface area contributed by atoms with Crippen molar-refractivity contribution >= 4 is 24.4 Å². The van der Waals surface area contributed by atoms with Crippen molar-refractivity contribution < 1.29 is 52.7 Å². The molecule has 0 fully saturated rings. The second-order valence-corrected chi connectivity index (χ2v) is 10.6. The number of ether oxygens (including phenoxy) is 6. The Labute approximate surface area is 235 Å². The Hall–Kier alpha value is -3.54. The van der Waals surface area contributed by atoms with E-state index >= 15 is 0 Å². The van der Waals surface area contributed by atoms with Crippen molar-refractivity contribution in [1.29, 1.82) is 0 Å². The maximum atomic E-state index is 12.2. The standard InChI is InChI=1S/C28H43NO11/c1-8-9-19(6)37-27(34)38-20(7)13-28(29,24(30)31)14-21-10-11-22(39-25(32)35-15-17(2)3)23(12-21)40-26(33)36-16-18(4)5/h10-12,17-20H,8-9,13-16,29H2,1-7H3,(H,30,31)/t19?,20-,28?/m0/s1. The van der Waals surface area contributed by atoms with Crippen LogP contribution in [0.25, 0.3) is 0 Å². The maximum absolute atomic E-state index is 12.2. The molecule has 40 heavy (non-hydrogen) atoms. The molecule has 0 radical (unpaired) electrons. The topological polar surface area (TPSA) is 170 Å². The zero-order chi connectivity index (χ0) is 30.5. The molecule has 0 aliphatic carbocycles. The molecule has 0 aliphatic rings. The van der Waals surface area contributed by atoms with Crippen molar-refractivity contribution in [1.82, 2.24) is 0 Å². The Balaban J connectivity index is 3.12. The fourth-order valence-corrected chi connectivity index (χ4v) is 3.51. The molecule has 3 N–H and O–H groups in total. The maximum Gasteiger partial charge on any atom is 0.513 e. The van der Waals surface area contributed by atoms with E-state index in [-0.39, 0.29) is 55.5 Å². The van der Waals surface area contributed by atoms with Crippen molar-refractivity contribution in [3.63, 3.8) is 0 Å². The van der Waals surface area contributed by atoms with E-state index in [9.17, 15) is 24.3 Å². The van der Waals surface area contributed by atoms with E-state index in [2.05, 4.69) is 0 Å². The molecule has 0 bridgehead atoms. The van der Waals surface area contributed by atoms with Gasteiger partial charge in [0.15, 0.2) is 11.5 Å². The van der Waals surface area contributed by atoms with Crippen molar-refractivity contribution in [3.8, 4) is 11.5 Å². The second kappa shape index (κ2) is 16.5. The number of benzene rings is 1. The van der Waals surface area contributed by atoms with Gasteiger partial charge >= 0.3 is 24.4 Å². The zero-order valence-corrected chi connectivity index (χ0v) is 24.4. The van der Waals surface area contributed by atoms with Gasteiger partial charge in [0.1, 0.15) is 17.7 Å². The first-order chi connectivity index (χ1) is 18.6. The zero-order valence-electron chi connectivity index (χ0n) is 24.4. The van der Waals surface area contributed by atoms with Crippen LogP contribution in [0.3, 0.4) is 0 Å². The summed E-state index contributed by atoms with van der Waals surface area (Å²) in [6, 6.07) is 4.11. The number of carbonyl (C=O) groups is 4. The van der Waals surface area contributed by atoms with Crippen LogP contribution >= 0.6 is 0 Å². The largest absolute Gasteiger partial charge is 0.513 e. The van der Waals surface area contributed by atoms with E-state index in [0.717, 1.165) is 6.42 Å². The quantitative estimate of drug-likeness (QED) is 0.155. The molecule has 1 aromatic carbocycles. The summed E-state index contributed by atoms with van der Waals surface area (Å²) in [5.41, 5.74) is 4.71. The minimum atomic E-state index is -1.87. The van der Waals surface area contributed by atoms with E-state index in [0.29, 0.717) is 12.0 Å². The molecule has 0 saturated heterocycles. The highest BCUT2D eigenvalue weighted by Crippen LogP contribution is 2.31. The third-order valence-corrected chi connectivity index (χ3v) is 5.35. The molecule has 1 rings (SSSR count). The first-order valence-electron chi connectivity index (χ1n) is 13.4. The van der Waals surface area contributed by atoms with E-state index in [1.165, 1.54) is 25.1 Å². The van der Waals surface area contributed by atoms with Gasteiger partial charge in [0.2, 0.25) is 0 Å². The number of nitrogens with two attached hydrogens (primary N) is 1. The number of aliphatic carboxylic acids is 1. The number of carboxylic acids is 1. The lowest BCUT2D eigenvalue weighted by molar-refractivity contribution is -0.144. The normalized spacial score (nSPS) is 14.1. The third kappa shape index (κ3) is 13.0. The Morgan fingerprint density at radius 1 is 0.825 bits per heavy atom. The van der Waals surface area contributed by atoms with Crippen LogP contribution in [0.1, 0.15) is 73.3 Å². The van der Waals surface area contributed by atoms with Gasteiger partial charge in [-0.15, -0.1) is 0 Å². The number of rotatable bonds is 15. The van der Waals surface area contributed by atoms with Gasteiger partial charge in [-0.1, -0.05) is 47.1 Å². The van der Waals surface area contributed by atoms with Crippen LogP contribution in [0, 0.1) is 11.8 Å². The first kappa shape index (κ1) is 34.5. The average molecular weight is 570 g/mol. The van der Waals surface area contributed by atoms with Crippen LogP contribution in [0.15, 0.2) is 18.2 Å². The molecule has 0 amide bonds. The minimum Gasteiger partial charge on any atom is -0.480 e. The van der Waals surface area contributed by atoms with Crippen molar-refractivity contribution in [2.24, 2.45) is 17.6 Å². The van der Waals surface area contributed by atoms with Gasteiger partial charge in [0.25, 0.3) is 0 Å². The second-order valence-electron chi connectivity index (χ2n) is 10.6.